The van der Waals surface area contributed by atoms with Gasteiger partial charge in [-0.25, -0.2) is 8.42 Å². The summed E-state index contributed by atoms with van der Waals surface area (Å²) in [5.74, 6) is -1.41. The third-order valence-electron chi connectivity index (χ3n) is 4.19. The van der Waals surface area contributed by atoms with Crippen LogP contribution in [-0.2, 0) is 26.2 Å². The number of amides is 1. The van der Waals surface area contributed by atoms with E-state index in [0.717, 1.165) is 0 Å². The molecule has 138 valence electrons. The van der Waals surface area contributed by atoms with Gasteiger partial charge in [-0.3, -0.25) is 9.59 Å². The molecule has 1 saturated heterocycles. The van der Waals surface area contributed by atoms with Gasteiger partial charge in [0.2, 0.25) is 15.9 Å². The van der Waals surface area contributed by atoms with Crippen LogP contribution < -0.4 is 10.1 Å². The van der Waals surface area contributed by atoms with Crippen LogP contribution in [-0.4, -0.2) is 49.9 Å². The van der Waals surface area contributed by atoms with Gasteiger partial charge in [-0.2, -0.15) is 4.31 Å². The molecule has 2 rings (SSSR count). The van der Waals surface area contributed by atoms with Crippen LogP contribution in [0.2, 0.25) is 0 Å². The Balaban J connectivity index is 2.26. The van der Waals surface area contributed by atoms with E-state index < -0.39 is 21.9 Å². The fraction of sp³-hybridized carbons (Fsp3) is 0.500. The standard InChI is InChI=1S/C16H22N2O6S/c1-11(19)17-10-12-3-4-14(24-2)15(9-12)25(22,23)18-7-5-13(6-8-18)16(20)21/h3-4,9,13H,5-8,10H2,1-2H3,(H,17,19)(H,20,21). The smallest absolute Gasteiger partial charge is 0.306 e. The molecule has 1 aliphatic rings. The number of nitrogens with one attached hydrogen (secondary N) is 1. The second kappa shape index (κ2) is 7.83. The lowest BCUT2D eigenvalue weighted by atomic mass is 9.99. The molecule has 0 saturated carbocycles. The van der Waals surface area contributed by atoms with Crippen molar-refractivity contribution >= 4 is 21.9 Å². The molecule has 0 unspecified atom stereocenters. The number of ether oxygens (including phenoxy) is 1. The largest absolute Gasteiger partial charge is 0.495 e. The molecule has 0 bridgehead atoms. The Morgan fingerprint density at radius 2 is 1.96 bits per heavy atom. The molecule has 0 aromatic heterocycles. The van der Waals surface area contributed by atoms with Gasteiger partial charge in [0.1, 0.15) is 10.6 Å². The minimum atomic E-state index is -3.81. The Morgan fingerprint density at radius 3 is 2.48 bits per heavy atom. The number of carbonyl (C=O) groups excluding carboxylic acids is 1. The first-order valence-electron chi connectivity index (χ1n) is 7.90. The zero-order chi connectivity index (χ0) is 18.6. The summed E-state index contributed by atoms with van der Waals surface area (Å²) >= 11 is 0. The molecule has 1 amide bonds. The normalized spacial score (nSPS) is 16.4. The Bertz CT molecular complexity index is 754. The average Bonchev–Trinajstić information content (AvgIpc) is 2.59. The van der Waals surface area contributed by atoms with Crippen molar-refractivity contribution in [2.24, 2.45) is 5.92 Å². The van der Waals surface area contributed by atoms with Crippen molar-refractivity contribution in [3.63, 3.8) is 0 Å². The van der Waals surface area contributed by atoms with Gasteiger partial charge < -0.3 is 15.2 Å². The Kier molecular flexibility index (Phi) is 6.02. The van der Waals surface area contributed by atoms with E-state index in [4.69, 9.17) is 9.84 Å². The van der Waals surface area contributed by atoms with Crippen LogP contribution >= 0.6 is 0 Å². The van der Waals surface area contributed by atoms with Crippen molar-refractivity contribution in [1.29, 1.82) is 0 Å². The Hall–Kier alpha value is -2.13. The molecule has 1 aromatic carbocycles. The Morgan fingerprint density at radius 1 is 1.32 bits per heavy atom. The van der Waals surface area contributed by atoms with Gasteiger partial charge >= 0.3 is 5.97 Å². The number of carboxylic acids is 1. The first kappa shape index (κ1) is 19.2. The number of piperidine rings is 1. The molecule has 9 heteroatoms. The maximum Gasteiger partial charge on any atom is 0.306 e. The molecule has 0 aliphatic carbocycles. The third-order valence-corrected chi connectivity index (χ3v) is 6.11. The zero-order valence-electron chi connectivity index (χ0n) is 14.2. The number of hydrogen-bond donors (Lipinski definition) is 2. The van der Waals surface area contributed by atoms with Crippen LogP contribution in [0, 0.1) is 5.92 Å². The molecule has 25 heavy (non-hydrogen) atoms. The van der Waals surface area contributed by atoms with E-state index in [-0.39, 0.29) is 49.0 Å². The topological polar surface area (TPSA) is 113 Å². The molecule has 8 nitrogen and oxygen atoms in total. The van der Waals surface area contributed by atoms with Gasteiger partial charge in [0, 0.05) is 26.6 Å². The number of carboxylic acid groups (broad SMARTS) is 1. The van der Waals surface area contributed by atoms with Gasteiger partial charge in [0.25, 0.3) is 0 Å². The minimum absolute atomic E-state index is 0.0200. The number of benzene rings is 1. The van der Waals surface area contributed by atoms with Crippen LogP contribution in [0.5, 0.6) is 5.75 Å². The lowest BCUT2D eigenvalue weighted by Gasteiger charge is -2.29. The summed E-state index contributed by atoms with van der Waals surface area (Å²) in [7, 11) is -2.42. The first-order valence-corrected chi connectivity index (χ1v) is 9.34. The molecule has 1 aliphatic heterocycles. The number of aliphatic carboxylic acids is 1. The van der Waals surface area contributed by atoms with Crippen LogP contribution in [0.1, 0.15) is 25.3 Å². The monoisotopic (exact) mass is 370 g/mol. The van der Waals surface area contributed by atoms with Crippen molar-refractivity contribution in [1.82, 2.24) is 9.62 Å². The number of rotatable bonds is 6. The molecule has 0 atom stereocenters. The van der Waals surface area contributed by atoms with Gasteiger partial charge in [0.15, 0.2) is 0 Å². The summed E-state index contributed by atoms with van der Waals surface area (Å²) < 4.78 is 32.3. The van der Waals surface area contributed by atoms with Gasteiger partial charge in [0.05, 0.1) is 13.0 Å². The van der Waals surface area contributed by atoms with E-state index >= 15 is 0 Å². The van der Waals surface area contributed by atoms with Crippen molar-refractivity contribution in [2.45, 2.75) is 31.2 Å². The third kappa shape index (κ3) is 4.49. The summed E-state index contributed by atoms with van der Waals surface area (Å²) in [4.78, 5) is 22.1. The molecule has 1 heterocycles. The zero-order valence-corrected chi connectivity index (χ0v) is 15.0. The maximum absolute atomic E-state index is 12.9. The summed E-state index contributed by atoms with van der Waals surface area (Å²) in [6.07, 6.45) is 0.560. The number of methoxy groups -OCH3 is 1. The van der Waals surface area contributed by atoms with Crippen molar-refractivity contribution < 1.29 is 27.9 Å². The van der Waals surface area contributed by atoms with Crippen LogP contribution in [0.3, 0.4) is 0 Å². The van der Waals surface area contributed by atoms with E-state index in [1.165, 1.54) is 24.4 Å². The molecule has 0 radical (unpaired) electrons. The molecule has 0 spiro atoms. The van der Waals surface area contributed by atoms with Gasteiger partial charge in [-0.1, -0.05) is 6.07 Å². The highest BCUT2D eigenvalue weighted by Crippen LogP contribution is 2.30. The van der Waals surface area contributed by atoms with E-state index in [9.17, 15) is 18.0 Å². The van der Waals surface area contributed by atoms with Crippen molar-refractivity contribution in [3.8, 4) is 5.75 Å². The first-order chi connectivity index (χ1) is 11.8. The number of carbonyl (C=O) groups is 2. The summed E-state index contributed by atoms with van der Waals surface area (Å²) in [6.45, 7) is 1.90. The molecular formula is C16H22N2O6S. The fourth-order valence-electron chi connectivity index (χ4n) is 2.74. The van der Waals surface area contributed by atoms with Crippen LogP contribution in [0.15, 0.2) is 23.1 Å². The second-order valence-electron chi connectivity index (χ2n) is 5.91. The number of hydrogen-bond acceptors (Lipinski definition) is 5. The number of sulfonamides is 1. The van der Waals surface area contributed by atoms with E-state index in [0.29, 0.717) is 5.56 Å². The maximum atomic E-state index is 12.9. The van der Waals surface area contributed by atoms with Gasteiger partial charge in [-0.05, 0) is 30.5 Å². The molecule has 1 fully saturated rings. The predicted molar refractivity (Wildman–Crippen MR) is 89.6 cm³/mol. The van der Waals surface area contributed by atoms with E-state index in [2.05, 4.69) is 5.32 Å². The molecule has 1 aromatic rings. The summed E-state index contributed by atoms with van der Waals surface area (Å²) in [5.41, 5.74) is 0.634. The summed E-state index contributed by atoms with van der Waals surface area (Å²) in [6, 6.07) is 4.71. The quantitative estimate of drug-likeness (QED) is 0.766. The lowest BCUT2D eigenvalue weighted by molar-refractivity contribution is -0.143. The summed E-state index contributed by atoms with van der Waals surface area (Å²) in [5, 5.41) is 11.7. The van der Waals surface area contributed by atoms with E-state index in [1.54, 1.807) is 12.1 Å². The van der Waals surface area contributed by atoms with Crippen LogP contribution in [0.25, 0.3) is 0 Å². The minimum Gasteiger partial charge on any atom is -0.495 e. The molecular weight excluding hydrogens is 348 g/mol. The SMILES string of the molecule is COc1ccc(CNC(C)=O)cc1S(=O)(=O)N1CCC(C(=O)O)CC1. The predicted octanol–water partition coefficient (Wildman–Crippen LogP) is 0.817. The Labute approximate surface area is 146 Å². The fourth-order valence-corrected chi connectivity index (χ4v) is 4.42. The highest BCUT2D eigenvalue weighted by Gasteiger charge is 2.33. The highest BCUT2D eigenvalue weighted by atomic mass is 32.2. The van der Waals surface area contributed by atoms with Crippen LogP contribution in [0.4, 0.5) is 0 Å². The van der Waals surface area contributed by atoms with Crippen molar-refractivity contribution in [2.75, 3.05) is 20.2 Å². The second-order valence-corrected chi connectivity index (χ2v) is 7.82. The number of nitrogens with zero attached hydrogens (tertiary/aromatic N) is 1. The average molecular weight is 370 g/mol. The van der Waals surface area contributed by atoms with Gasteiger partial charge in [-0.15, -0.1) is 0 Å². The van der Waals surface area contributed by atoms with E-state index in [1.807, 2.05) is 0 Å². The molecule has 2 N–H and O–H groups in total. The van der Waals surface area contributed by atoms with Crippen molar-refractivity contribution in [3.05, 3.63) is 23.8 Å². The lowest BCUT2D eigenvalue weighted by Crippen LogP contribution is -2.40. The highest BCUT2D eigenvalue weighted by molar-refractivity contribution is 7.89.